The number of nitrogens with one attached hydrogen (secondary N) is 3. The molecule has 7 atom stereocenters. The summed E-state index contributed by atoms with van der Waals surface area (Å²) in [5, 5.41) is 8.58. The molecule has 12 nitrogen and oxygen atoms in total. The number of likely N-dealkylation sites (tertiary alicyclic amines) is 1. The number of Topliss-reactive ketones (excluding diaryl/α,β-unsaturated/α-hetero) is 1. The Bertz CT molecular complexity index is 1480. The highest BCUT2D eigenvalue weighted by Crippen LogP contribution is 2.65. The highest BCUT2D eigenvalue weighted by molar-refractivity contribution is 6.37. The third-order valence-corrected chi connectivity index (χ3v) is 12.0. The van der Waals surface area contributed by atoms with Gasteiger partial charge < -0.3 is 31.3 Å². The molecule has 5 rings (SSSR count). The van der Waals surface area contributed by atoms with Gasteiger partial charge in [-0.15, -0.1) is 0 Å². The van der Waals surface area contributed by atoms with Crippen LogP contribution in [0.1, 0.15) is 111 Å². The minimum atomic E-state index is -1.09. The molecule has 1 heterocycles. The van der Waals surface area contributed by atoms with Crippen molar-refractivity contribution < 1.29 is 33.5 Å². The van der Waals surface area contributed by atoms with Crippen LogP contribution in [0.4, 0.5) is 4.79 Å². The number of carbonyl (C=O) groups is 6. The van der Waals surface area contributed by atoms with Gasteiger partial charge in [-0.05, 0) is 66.3 Å². The number of piperidine rings is 1. The van der Waals surface area contributed by atoms with Crippen LogP contribution in [0.3, 0.4) is 0 Å². The van der Waals surface area contributed by atoms with Crippen molar-refractivity contribution in [3.63, 3.8) is 0 Å². The largest absolute Gasteiger partial charge is 0.456 e. The fraction of sp³-hybridized carbons (Fsp3) is 0.692. The quantitative estimate of drug-likeness (QED) is 0.176. The monoisotopic (exact) mass is 707 g/mol. The van der Waals surface area contributed by atoms with Crippen molar-refractivity contribution in [3.8, 4) is 0 Å². The molecule has 5 N–H and O–H groups in total. The number of hydrogen-bond donors (Lipinski definition) is 4. The van der Waals surface area contributed by atoms with Gasteiger partial charge >= 0.3 is 12.0 Å². The first-order valence-corrected chi connectivity index (χ1v) is 18.8. The van der Waals surface area contributed by atoms with Gasteiger partial charge in [-0.3, -0.25) is 19.2 Å². The summed E-state index contributed by atoms with van der Waals surface area (Å²) in [5.74, 6) is -3.35. The van der Waals surface area contributed by atoms with Gasteiger partial charge in [0.05, 0.1) is 6.04 Å². The molecule has 1 unspecified atom stereocenters. The summed E-state index contributed by atoms with van der Waals surface area (Å²) in [6.45, 7) is 11.8. The molecule has 12 heteroatoms. The van der Waals surface area contributed by atoms with Gasteiger partial charge in [0.2, 0.25) is 17.6 Å². The standard InChI is InChI=1S/C39H57N5O7/c1-22(24-16-9-7-10-17-24)51-36(49)32(38(2,3)4)43-37(50)42-29(25-18-11-8-12-19-25)35(48)44-21-26-28(39(26,5)6)30(44)34(47)41-27(31(45)33(40)46)20-23-14-13-15-23/h7,9-10,16-17,22-23,25-30,32H,8,11-15,18-21H2,1-6H3,(H2,40,46)(H,41,47)(H2,42,43,50)/t22-,26-,27?,28-,29-,30-,32+/m0/s1. The van der Waals surface area contributed by atoms with E-state index in [0.717, 1.165) is 56.9 Å². The lowest BCUT2D eigenvalue weighted by Gasteiger charge is -2.38. The molecule has 5 amide bonds. The summed E-state index contributed by atoms with van der Waals surface area (Å²) in [5.41, 5.74) is 5.29. The Kier molecular flexibility index (Phi) is 11.5. The van der Waals surface area contributed by atoms with Crippen molar-refractivity contribution in [2.75, 3.05) is 6.54 Å². The summed E-state index contributed by atoms with van der Waals surface area (Å²) < 4.78 is 5.80. The fourth-order valence-corrected chi connectivity index (χ4v) is 8.54. The summed E-state index contributed by atoms with van der Waals surface area (Å²) in [6.07, 6.45) is 6.98. The number of ether oxygens (including phenoxy) is 1. The number of nitrogens with zero attached hydrogens (tertiary/aromatic N) is 1. The Morgan fingerprint density at radius 3 is 2.14 bits per heavy atom. The average molecular weight is 708 g/mol. The highest BCUT2D eigenvalue weighted by atomic mass is 16.5. The summed E-state index contributed by atoms with van der Waals surface area (Å²) in [4.78, 5) is 82.3. The normalized spacial score (nSPS) is 25.2. The molecule has 1 aromatic rings. The second-order valence-electron chi connectivity index (χ2n) is 17.0. The van der Waals surface area contributed by atoms with Crippen molar-refractivity contribution in [2.24, 2.45) is 40.2 Å². The molecule has 0 spiro atoms. The predicted molar refractivity (Wildman–Crippen MR) is 191 cm³/mol. The van der Waals surface area contributed by atoms with E-state index in [1.807, 2.05) is 51.1 Å². The number of esters is 1. The lowest BCUT2D eigenvalue weighted by molar-refractivity contribution is -0.153. The zero-order chi connectivity index (χ0) is 37.2. The minimum Gasteiger partial charge on any atom is -0.456 e. The maximum absolute atomic E-state index is 14.6. The van der Waals surface area contributed by atoms with Gasteiger partial charge in [-0.1, -0.05) is 103 Å². The second-order valence-corrected chi connectivity index (χ2v) is 17.0. The van der Waals surface area contributed by atoms with Crippen molar-refractivity contribution >= 4 is 35.5 Å². The maximum atomic E-state index is 14.6. The van der Waals surface area contributed by atoms with Crippen LogP contribution in [0.25, 0.3) is 0 Å². The van der Waals surface area contributed by atoms with Crippen LogP contribution < -0.4 is 21.7 Å². The Balaban J connectivity index is 1.34. The van der Waals surface area contributed by atoms with Crippen LogP contribution in [0.2, 0.25) is 0 Å². The molecule has 3 saturated carbocycles. The van der Waals surface area contributed by atoms with Crippen LogP contribution in [0, 0.1) is 34.5 Å². The van der Waals surface area contributed by atoms with Crippen LogP contribution >= 0.6 is 0 Å². The highest BCUT2D eigenvalue weighted by Gasteiger charge is 2.69. The SMILES string of the molecule is C[C@H](OC(=O)[C@@H](NC(=O)N[C@H](C(=O)N1C[C@H]2[C@@H]([C@H]1C(=O)NC(CC1CCC1)C(=O)C(N)=O)C2(C)C)C1CCCCC1)C(C)(C)C)c1ccccc1. The Morgan fingerprint density at radius 1 is 0.922 bits per heavy atom. The third kappa shape index (κ3) is 8.58. The minimum absolute atomic E-state index is 0.0709. The van der Waals surface area contributed by atoms with Crippen LogP contribution in [-0.2, 0) is 28.7 Å². The topological polar surface area (TPSA) is 177 Å². The number of fused-ring (bicyclic) bond motifs is 1. The van der Waals surface area contributed by atoms with Crippen LogP contribution in [0.5, 0.6) is 0 Å². The van der Waals surface area contributed by atoms with Crippen LogP contribution in [0.15, 0.2) is 30.3 Å². The Hall–Kier alpha value is -3.96. The van der Waals surface area contributed by atoms with Gasteiger partial charge in [-0.2, -0.15) is 0 Å². The zero-order valence-corrected chi connectivity index (χ0v) is 31.0. The summed E-state index contributed by atoms with van der Waals surface area (Å²) in [6, 6.07) is 4.82. The van der Waals surface area contributed by atoms with E-state index in [1.165, 1.54) is 0 Å². The molecule has 0 aromatic heterocycles. The fourth-order valence-electron chi connectivity index (χ4n) is 8.54. The molecule has 1 saturated heterocycles. The number of rotatable bonds is 13. The first-order valence-electron chi connectivity index (χ1n) is 18.8. The van der Waals surface area contributed by atoms with Gasteiger partial charge in [0, 0.05) is 6.54 Å². The van der Waals surface area contributed by atoms with E-state index in [2.05, 4.69) is 29.8 Å². The molecule has 4 fully saturated rings. The van der Waals surface area contributed by atoms with E-state index in [4.69, 9.17) is 10.5 Å². The molecule has 1 aliphatic heterocycles. The molecule has 4 aliphatic rings. The zero-order valence-electron chi connectivity index (χ0n) is 31.0. The van der Waals surface area contributed by atoms with E-state index >= 15 is 0 Å². The number of amides is 5. The summed E-state index contributed by atoms with van der Waals surface area (Å²) in [7, 11) is 0. The van der Waals surface area contributed by atoms with E-state index in [0.29, 0.717) is 13.0 Å². The maximum Gasteiger partial charge on any atom is 0.329 e. The average Bonchev–Trinajstić information content (AvgIpc) is 3.37. The van der Waals surface area contributed by atoms with Gasteiger partial charge in [0.25, 0.3) is 5.91 Å². The molecule has 1 aromatic carbocycles. The first-order chi connectivity index (χ1) is 24.0. The lowest BCUT2D eigenvalue weighted by Crippen LogP contribution is -2.61. The van der Waals surface area contributed by atoms with E-state index in [9.17, 15) is 28.8 Å². The number of benzene rings is 1. The van der Waals surface area contributed by atoms with E-state index < -0.39 is 65.3 Å². The molecule has 51 heavy (non-hydrogen) atoms. The van der Waals surface area contributed by atoms with Crippen molar-refractivity contribution in [3.05, 3.63) is 35.9 Å². The smallest absolute Gasteiger partial charge is 0.329 e. The predicted octanol–water partition coefficient (Wildman–Crippen LogP) is 4.17. The van der Waals surface area contributed by atoms with Gasteiger partial charge in [0.15, 0.2) is 0 Å². The number of primary amides is 1. The molecule has 3 aliphatic carbocycles. The molecule has 0 radical (unpaired) electrons. The Morgan fingerprint density at radius 2 is 1.57 bits per heavy atom. The van der Waals surface area contributed by atoms with Crippen molar-refractivity contribution in [1.82, 2.24) is 20.9 Å². The van der Waals surface area contributed by atoms with E-state index in [1.54, 1.807) is 11.8 Å². The number of ketones is 1. The Labute approximate surface area is 301 Å². The van der Waals surface area contributed by atoms with Crippen molar-refractivity contribution in [2.45, 2.75) is 130 Å². The number of nitrogens with two attached hydrogens (primary N) is 1. The number of hydrogen-bond acceptors (Lipinski definition) is 7. The molecular weight excluding hydrogens is 650 g/mol. The first kappa shape index (κ1) is 38.3. The third-order valence-electron chi connectivity index (χ3n) is 12.0. The lowest BCUT2D eigenvalue weighted by atomic mass is 9.80. The molecular formula is C39H57N5O7. The van der Waals surface area contributed by atoms with Crippen LogP contribution in [-0.4, -0.2) is 71.1 Å². The molecule has 0 bridgehead atoms. The van der Waals surface area contributed by atoms with Gasteiger partial charge in [0.1, 0.15) is 24.2 Å². The number of urea groups is 1. The van der Waals surface area contributed by atoms with Crippen molar-refractivity contribution in [1.29, 1.82) is 0 Å². The second kappa shape index (κ2) is 15.3. The summed E-state index contributed by atoms with van der Waals surface area (Å²) >= 11 is 0. The van der Waals surface area contributed by atoms with Gasteiger partial charge in [-0.25, -0.2) is 9.59 Å². The molecule has 280 valence electrons. The van der Waals surface area contributed by atoms with E-state index in [-0.39, 0.29) is 35.0 Å². The number of carbonyl (C=O) groups excluding carboxylic acids is 6.